The molecule has 0 aliphatic carbocycles. The van der Waals surface area contributed by atoms with Crippen LogP contribution in [0, 0.1) is 0 Å². The number of halogens is 1. The smallest absolute Gasteiger partial charge is 0.311 e. The summed E-state index contributed by atoms with van der Waals surface area (Å²) >= 11 is 4.91. The zero-order valence-corrected chi connectivity index (χ0v) is 16.2. The number of benzene rings is 2. The van der Waals surface area contributed by atoms with Gasteiger partial charge in [0.1, 0.15) is 10.8 Å². The second kappa shape index (κ2) is 8.38. The van der Waals surface area contributed by atoms with Crippen molar-refractivity contribution >= 4 is 39.0 Å². The molecule has 6 heteroatoms. The maximum atomic E-state index is 12.4. The predicted octanol–water partition coefficient (Wildman–Crippen LogP) is 4.94. The molecule has 0 saturated carbocycles. The number of aromatic nitrogens is 1. The van der Waals surface area contributed by atoms with E-state index in [0.29, 0.717) is 11.3 Å². The van der Waals surface area contributed by atoms with Gasteiger partial charge in [0.05, 0.1) is 11.6 Å². The van der Waals surface area contributed by atoms with Crippen LogP contribution >= 0.6 is 27.3 Å². The second-order valence-corrected chi connectivity index (χ2v) is 7.65. The Balaban J connectivity index is 1.69. The first kappa shape index (κ1) is 18.5. The van der Waals surface area contributed by atoms with Gasteiger partial charge in [-0.25, -0.2) is 4.98 Å². The Kier molecular flexibility index (Phi) is 5.96. The molecule has 1 aromatic heterocycles. The van der Waals surface area contributed by atoms with E-state index < -0.39 is 11.9 Å². The van der Waals surface area contributed by atoms with Crippen LogP contribution in [0.25, 0.3) is 10.6 Å². The minimum Gasteiger partial charge on any atom is -0.481 e. The predicted molar refractivity (Wildman–Crippen MR) is 105 cm³/mol. The van der Waals surface area contributed by atoms with Crippen molar-refractivity contribution in [2.75, 3.05) is 0 Å². The summed E-state index contributed by atoms with van der Waals surface area (Å²) < 4.78 is 0.968. The van der Waals surface area contributed by atoms with Crippen LogP contribution in [0.3, 0.4) is 0 Å². The van der Waals surface area contributed by atoms with Crippen LogP contribution in [0.2, 0.25) is 0 Å². The quantitative estimate of drug-likeness (QED) is 0.577. The Morgan fingerprint density at radius 2 is 1.88 bits per heavy atom. The van der Waals surface area contributed by atoms with Crippen molar-refractivity contribution in [3.63, 3.8) is 0 Å². The molecule has 2 aromatic carbocycles. The molecule has 0 saturated heterocycles. The van der Waals surface area contributed by atoms with Gasteiger partial charge >= 0.3 is 5.97 Å². The third-order valence-electron chi connectivity index (χ3n) is 3.93. The molecular weight excluding hydrogens is 414 g/mol. The van der Waals surface area contributed by atoms with E-state index in [1.54, 1.807) is 24.3 Å². The van der Waals surface area contributed by atoms with Crippen molar-refractivity contribution in [3.05, 3.63) is 75.7 Å². The summed E-state index contributed by atoms with van der Waals surface area (Å²) in [6, 6.07) is 16.7. The molecule has 0 spiro atoms. The summed E-state index contributed by atoms with van der Waals surface area (Å²) in [5.41, 5.74) is 2.30. The molecular formula is C20H16BrNO3S. The van der Waals surface area contributed by atoms with Crippen molar-refractivity contribution in [3.8, 4) is 10.6 Å². The zero-order chi connectivity index (χ0) is 18.5. The summed E-state index contributed by atoms with van der Waals surface area (Å²) in [5.74, 6) is -1.95. The van der Waals surface area contributed by atoms with Crippen LogP contribution in [0.5, 0.6) is 0 Å². The number of carbonyl (C=O) groups excluding carboxylic acids is 1. The Labute approximate surface area is 163 Å². The number of aliphatic carboxylic acids is 1. The first-order chi connectivity index (χ1) is 12.5. The van der Waals surface area contributed by atoms with Crippen LogP contribution in [0.1, 0.15) is 23.6 Å². The molecule has 26 heavy (non-hydrogen) atoms. The van der Waals surface area contributed by atoms with E-state index in [-0.39, 0.29) is 18.6 Å². The van der Waals surface area contributed by atoms with Gasteiger partial charge in [-0.05, 0) is 17.7 Å². The van der Waals surface area contributed by atoms with Gasteiger partial charge in [0.15, 0.2) is 0 Å². The highest BCUT2D eigenvalue weighted by Gasteiger charge is 2.23. The maximum absolute atomic E-state index is 12.4. The van der Waals surface area contributed by atoms with Crippen LogP contribution in [0.4, 0.5) is 0 Å². The van der Waals surface area contributed by atoms with Gasteiger partial charge in [0.2, 0.25) is 0 Å². The number of Topliss-reactive ketones (excluding diaryl/α,β-unsaturated/α-hetero) is 1. The third-order valence-corrected chi connectivity index (χ3v) is 5.37. The molecule has 0 fully saturated rings. The number of hydrogen-bond donors (Lipinski definition) is 1. The monoisotopic (exact) mass is 429 g/mol. The first-order valence-corrected chi connectivity index (χ1v) is 9.70. The minimum atomic E-state index is -0.988. The van der Waals surface area contributed by atoms with Crippen molar-refractivity contribution in [1.29, 1.82) is 0 Å². The molecule has 0 aliphatic heterocycles. The average Bonchev–Trinajstić information content (AvgIpc) is 3.08. The molecule has 4 nitrogen and oxygen atoms in total. The Hall–Kier alpha value is -2.31. The SMILES string of the molecule is O=C(Cc1csc(-c2cccc(Br)c2)n1)C[C@H](C(=O)O)c1ccccc1. The number of nitrogens with zero attached hydrogens (tertiary/aromatic N) is 1. The molecule has 1 atom stereocenters. The van der Waals surface area contributed by atoms with E-state index in [0.717, 1.165) is 15.0 Å². The van der Waals surface area contributed by atoms with Gasteiger partial charge in [-0.3, -0.25) is 9.59 Å². The normalized spacial score (nSPS) is 11.9. The number of ketones is 1. The third kappa shape index (κ3) is 4.65. The molecule has 3 aromatic rings. The van der Waals surface area contributed by atoms with E-state index in [9.17, 15) is 14.7 Å². The van der Waals surface area contributed by atoms with Gasteiger partial charge in [-0.1, -0.05) is 58.4 Å². The highest BCUT2D eigenvalue weighted by molar-refractivity contribution is 9.10. The van der Waals surface area contributed by atoms with Crippen LogP contribution < -0.4 is 0 Å². The average molecular weight is 430 g/mol. The highest BCUT2D eigenvalue weighted by Crippen LogP contribution is 2.27. The van der Waals surface area contributed by atoms with E-state index in [1.807, 2.05) is 35.7 Å². The van der Waals surface area contributed by atoms with E-state index in [4.69, 9.17) is 0 Å². The fourth-order valence-corrected chi connectivity index (χ4v) is 3.89. The second-order valence-electron chi connectivity index (χ2n) is 5.88. The lowest BCUT2D eigenvalue weighted by molar-refractivity contribution is -0.140. The summed E-state index contributed by atoms with van der Waals surface area (Å²) in [7, 11) is 0. The molecule has 132 valence electrons. The van der Waals surface area contributed by atoms with E-state index >= 15 is 0 Å². The number of hydrogen-bond acceptors (Lipinski definition) is 4. The zero-order valence-electron chi connectivity index (χ0n) is 13.8. The van der Waals surface area contributed by atoms with Crippen LogP contribution in [-0.2, 0) is 16.0 Å². The van der Waals surface area contributed by atoms with Gasteiger partial charge < -0.3 is 5.11 Å². The molecule has 0 unspecified atom stereocenters. The number of carboxylic acids is 1. The summed E-state index contributed by atoms with van der Waals surface area (Å²) in [6.45, 7) is 0. The van der Waals surface area contributed by atoms with Gasteiger partial charge in [-0.2, -0.15) is 0 Å². The summed E-state index contributed by atoms with van der Waals surface area (Å²) in [6.07, 6.45) is 0.101. The van der Waals surface area contributed by atoms with E-state index in [2.05, 4.69) is 20.9 Å². The molecule has 0 aliphatic rings. The molecule has 0 radical (unpaired) electrons. The van der Waals surface area contributed by atoms with E-state index in [1.165, 1.54) is 11.3 Å². The standard InChI is InChI=1S/C20H16BrNO3S/c21-15-8-4-7-14(9-15)19-22-16(12-26-19)10-17(23)11-18(20(24)25)13-5-2-1-3-6-13/h1-9,12,18H,10-11H2,(H,24,25)/t18-/m0/s1. The lowest BCUT2D eigenvalue weighted by Gasteiger charge is -2.11. The Morgan fingerprint density at radius 3 is 2.58 bits per heavy atom. The van der Waals surface area contributed by atoms with Crippen molar-refractivity contribution in [2.24, 2.45) is 0 Å². The van der Waals surface area contributed by atoms with Gasteiger partial charge in [-0.15, -0.1) is 11.3 Å². The number of rotatable bonds is 7. The van der Waals surface area contributed by atoms with Crippen LogP contribution in [0.15, 0.2) is 64.5 Å². The molecule has 3 rings (SSSR count). The maximum Gasteiger partial charge on any atom is 0.311 e. The Morgan fingerprint density at radius 1 is 1.12 bits per heavy atom. The Bertz CT molecular complexity index is 924. The fraction of sp³-hybridized carbons (Fsp3) is 0.150. The molecule has 0 bridgehead atoms. The largest absolute Gasteiger partial charge is 0.481 e. The number of thiazole rings is 1. The molecule has 0 amide bonds. The lowest BCUT2D eigenvalue weighted by atomic mass is 9.93. The summed E-state index contributed by atoms with van der Waals surface area (Å²) in [5, 5.41) is 12.1. The van der Waals surface area contributed by atoms with Crippen molar-refractivity contribution < 1.29 is 14.7 Å². The first-order valence-electron chi connectivity index (χ1n) is 8.02. The van der Waals surface area contributed by atoms with Crippen molar-refractivity contribution in [1.82, 2.24) is 4.98 Å². The van der Waals surface area contributed by atoms with Gasteiger partial charge in [0, 0.05) is 28.3 Å². The molecule has 1 N–H and O–H groups in total. The minimum absolute atomic E-state index is 0.0386. The van der Waals surface area contributed by atoms with Crippen LogP contribution in [-0.4, -0.2) is 21.8 Å². The summed E-state index contributed by atoms with van der Waals surface area (Å²) in [4.78, 5) is 28.4. The number of carbonyl (C=O) groups is 2. The highest BCUT2D eigenvalue weighted by atomic mass is 79.9. The fourth-order valence-electron chi connectivity index (χ4n) is 2.68. The van der Waals surface area contributed by atoms with Gasteiger partial charge in [0.25, 0.3) is 0 Å². The van der Waals surface area contributed by atoms with Crippen molar-refractivity contribution in [2.45, 2.75) is 18.8 Å². The molecule has 1 heterocycles. The lowest BCUT2D eigenvalue weighted by Crippen LogP contribution is -2.17. The topological polar surface area (TPSA) is 67.3 Å². The number of carboxylic acid groups (broad SMARTS) is 1.